The summed E-state index contributed by atoms with van der Waals surface area (Å²) in [6.45, 7) is 5.88. The van der Waals surface area contributed by atoms with Crippen LogP contribution in [0.4, 0.5) is 0 Å². The maximum Gasteiger partial charge on any atom is 0.304 e. The molecular formula is C29H30Cl2N2O3. The van der Waals surface area contributed by atoms with Crippen molar-refractivity contribution in [3.8, 4) is 0 Å². The van der Waals surface area contributed by atoms with Gasteiger partial charge in [-0.3, -0.25) is 14.6 Å². The van der Waals surface area contributed by atoms with Crippen molar-refractivity contribution in [1.29, 1.82) is 0 Å². The number of piperidine rings is 1. The Bertz CT molecular complexity index is 1230. The highest BCUT2D eigenvalue weighted by molar-refractivity contribution is 6.30. The molecule has 1 aliphatic rings. The van der Waals surface area contributed by atoms with Gasteiger partial charge in [-0.05, 0) is 59.9 Å². The summed E-state index contributed by atoms with van der Waals surface area (Å²) in [5, 5.41) is 11.0. The van der Waals surface area contributed by atoms with Crippen molar-refractivity contribution in [2.75, 3.05) is 0 Å². The van der Waals surface area contributed by atoms with E-state index in [9.17, 15) is 14.7 Å². The summed E-state index contributed by atoms with van der Waals surface area (Å²) in [4.78, 5) is 32.8. The van der Waals surface area contributed by atoms with Crippen molar-refractivity contribution < 1.29 is 14.7 Å². The lowest BCUT2D eigenvalue weighted by Crippen LogP contribution is -2.54. The minimum absolute atomic E-state index is 0.0193. The number of aromatic nitrogens is 1. The molecule has 1 fully saturated rings. The lowest BCUT2D eigenvalue weighted by atomic mass is 9.66. The molecule has 0 aliphatic carbocycles. The number of nitrogens with zero attached hydrogens (tertiary/aromatic N) is 2. The number of aliphatic carboxylic acids is 1. The van der Waals surface area contributed by atoms with Gasteiger partial charge in [0.1, 0.15) is 0 Å². The second-order valence-electron chi connectivity index (χ2n) is 10.1. The Hall–Kier alpha value is -2.89. The molecule has 3 aromatic rings. The first-order valence-corrected chi connectivity index (χ1v) is 12.8. The molecule has 7 heteroatoms. The molecule has 0 saturated carbocycles. The Balaban J connectivity index is 1.98. The predicted octanol–water partition coefficient (Wildman–Crippen LogP) is 7.32. The molecule has 2 aromatic carbocycles. The average molecular weight is 525 g/mol. The first-order chi connectivity index (χ1) is 17.1. The Labute approximate surface area is 222 Å². The Morgan fingerprint density at radius 3 is 2.36 bits per heavy atom. The highest BCUT2D eigenvalue weighted by atomic mass is 35.5. The van der Waals surface area contributed by atoms with Gasteiger partial charge in [0.25, 0.3) is 0 Å². The molecule has 4 atom stereocenters. The van der Waals surface area contributed by atoms with Gasteiger partial charge in [-0.15, -0.1) is 0 Å². The van der Waals surface area contributed by atoms with E-state index in [0.29, 0.717) is 16.5 Å². The van der Waals surface area contributed by atoms with Crippen LogP contribution in [0.2, 0.25) is 10.0 Å². The van der Waals surface area contributed by atoms with Gasteiger partial charge in [0.05, 0.1) is 29.6 Å². The van der Waals surface area contributed by atoms with Crippen LogP contribution in [0.1, 0.15) is 68.4 Å². The molecule has 0 bridgehead atoms. The number of rotatable bonds is 7. The summed E-state index contributed by atoms with van der Waals surface area (Å²) < 4.78 is 0. The van der Waals surface area contributed by atoms with Crippen molar-refractivity contribution in [1.82, 2.24) is 9.88 Å². The zero-order chi connectivity index (χ0) is 26.0. The van der Waals surface area contributed by atoms with Crippen LogP contribution in [-0.4, -0.2) is 26.9 Å². The van der Waals surface area contributed by atoms with Gasteiger partial charge >= 0.3 is 5.97 Å². The number of amides is 1. The summed E-state index contributed by atoms with van der Waals surface area (Å²) in [7, 11) is 0. The van der Waals surface area contributed by atoms with Crippen molar-refractivity contribution in [3.05, 3.63) is 99.8 Å². The van der Waals surface area contributed by atoms with E-state index >= 15 is 0 Å². The predicted molar refractivity (Wildman–Crippen MR) is 142 cm³/mol. The molecule has 5 nitrogen and oxygen atoms in total. The van der Waals surface area contributed by atoms with Crippen molar-refractivity contribution >= 4 is 35.1 Å². The molecule has 36 heavy (non-hydrogen) atoms. The summed E-state index contributed by atoms with van der Waals surface area (Å²) in [5.41, 5.74) is 1.55. The normalized spacial score (nSPS) is 23.1. The number of hydrogen-bond acceptors (Lipinski definition) is 3. The summed E-state index contributed by atoms with van der Waals surface area (Å²) >= 11 is 12.6. The second-order valence-corrected chi connectivity index (χ2v) is 11.0. The van der Waals surface area contributed by atoms with E-state index in [1.54, 1.807) is 13.1 Å². The van der Waals surface area contributed by atoms with Gasteiger partial charge in [0.2, 0.25) is 5.91 Å². The van der Waals surface area contributed by atoms with Crippen LogP contribution < -0.4 is 0 Å². The fourth-order valence-corrected chi connectivity index (χ4v) is 5.87. The van der Waals surface area contributed by atoms with Gasteiger partial charge in [-0.25, -0.2) is 0 Å². The van der Waals surface area contributed by atoms with Crippen molar-refractivity contribution in [2.24, 2.45) is 11.3 Å². The molecule has 0 radical (unpaired) electrons. The molecule has 1 N–H and O–H groups in total. The number of carboxylic acids is 1. The fourth-order valence-electron chi connectivity index (χ4n) is 5.54. The quantitative estimate of drug-likeness (QED) is 0.351. The molecule has 0 unspecified atom stereocenters. The number of benzene rings is 2. The lowest BCUT2D eigenvalue weighted by molar-refractivity contribution is -0.162. The molecule has 2 heterocycles. The van der Waals surface area contributed by atoms with Gasteiger partial charge in [0.15, 0.2) is 0 Å². The van der Waals surface area contributed by atoms with E-state index < -0.39 is 11.4 Å². The van der Waals surface area contributed by atoms with Crippen molar-refractivity contribution in [2.45, 2.75) is 51.6 Å². The minimum Gasteiger partial charge on any atom is -0.481 e. The van der Waals surface area contributed by atoms with Gasteiger partial charge in [-0.1, -0.05) is 74.3 Å². The van der Waals surface area contributed by atoms with Crippen LogP contribution in [-0.2, 0) is 9.59 Å². The standard InChI is InChI=1S/C29H30Cl2N2O3/c1-18(2)26(24-9-4-5-14-32-24)33-27(19-10-12-21(30)13-11-19)23(20-7-6-8-22(31)15-20)16-29(3,28(33)36)17-25(34)35/h4-15,18,23,26-27H,16-17H2,1-3H3,(H,34,35)/t23-,26+,27-,29+/m1/s1. The largest absolute Gasteiger partial charge is 0.481 e. The molecule has 1 saturated heterocycles. The Morgan fingerprint density at radius 1 is 1.06 bits per heavy atom. The van der Waals surface area contributed by atoms with E-state index in [1.807, 2.05) is 71.6 Å². The molecule has 1 aromatic heterocycles. The van der Waals surface area contributed by atoms with Gasteiger partial charge in [0, 0.05) is 22.2 Å². The average Bonchev–Trinajstić information content (AvgIpc) is 2.83. The molecule has 188 valence electrons. The van der Waals surface area contributed by atoms with E-state index in [0.717, 1.165) is 16.8 Å². The minimum atomic E-state index is -1.11. The molecule has 1 amide bonds. The summed E-state index contributed by atoms with van der Waals surface area (Å²) in [5.74, 6) is -1.37. The third-order valence-corrected chi connectivity index (χ3v) is 7.54. The van der Waals surface area contributed by atoms with Gasteiger partial charge in [-0.2, -0.15) is 0 Å². The zero-order valence-corrected chi connectivity index (χ0v) is 22.1. The second kappa shape index (κ2) is 10.6. The van der Waals surface area contributed by atoms with E-state index in [1.165, 1.54) is 0 Å². The number of carboxylic acid groups (broad SMARTS) is 1. The third kappa shape index (κ3) is 5.28. The highest BCUT2D eigenvalue weighted by Gasteiger charge is 2.53. The number of hydrogen-bond donors (Lipinski definition) is 1. The number of pyridine rings is 1. The molecular weight excluding hydrogens is 495 g/mol. The van der Waals surface area contributed by atoms with Crippen molar-refractivity contribution in [3.63, 3.8) is 0 Å². The SMILES string of the molecule is CC(C)[C@@H](c1ccccn1)N1C(=O)[C@](C)(CC(=O)O)C[C@H](c2cccc(Cl)c2)[C@H]1c1ccc(Cl)cc1. The van der Waals surface area contributed by atoms with Crippen LogP contribution in [0.25, 0.3) is 0 Å². The van der Waals surface area contributed by atoms with Gasteiger partial charge < -0.3 is 10.0 Å². The van der Waals surface area contributed by atoms with E-state index in [4.69, 9.17) is 23.2 Å². The first kappa shape index (κ1) is 26.2. The number of halogens is 2. The summed E-state index contributed by atoms with van der Waals surface area (Å²) in [6, 6.07) is 20.1. The first-order valence-electron chi connectivity index (χ1n) is 12.1. The fraction of sp³-hybridized carbons (Fsp3) is 0.345. The maximum atomic E-state index is 14.4. The smallest absolute Gasteiger partial charge is 0.304 e. The van der Waals surface area contributed by atoms with E-state index in [2.05, 4.69) is 18.8 Å². The van der Waals surface area contributed by atoms with E-state index in [-0.39, 0.29) is 36.2 Å². The third-order valence-electron chi connectivity index (χ3n) is 7.05. The molecule has 4 rings (SSSR count). The number of carbonyl (C=O) groups excluding carboxylic acids is 1. The maximum absolute atomic E-state index is 14.4. The van der Waals surface area contributed by atoms with Crippen LogP contribution in [0.15, 0.2) is 72.9 Å². The van der Waals surface area contributed by atoms with Crippen LogP contribution in [0.5, 0.6) is 0 Å². The number of likely N-dealkylation sites (tertiary alicyclic amines) is 1. The molecule has 1 aliphatic heterocycles. The lowest BCUT2D eigenvalue weighted by Gasteiger charge is -2.52. The van der Waals surface area contributed by atoms with Crippen LogP contribution >= 0.6 is 23.2 Å². The monoisotopic (exact) mass is 524 g/mol. The Morgan fingerprint density at radius 2 is 1.78 bits per heavy atom. The highest BCUT2D eigenvalue weighted by Crippen LogP contribution is 2.54. The summed E-state index contributed by atoms with van der Waals surface area (Å²) in [6.07, 6.45) is 1.83. The number of carbonyl (C=O) groups is 2. The Kier molecular flexibility index (Phi) is 7.72. The molecule has 0 spiro atoms. The topological polar surface area (TPSA) is 70.5 Å². The van der Waals surface area contributed by atoms with Crippen LogP contribution in [0, 0.1) is 11.3 Å². The zero-order valence-electron chi connectivity index (χ0n) is 20.6. The van der Waals surface area contributed by atoms with Crippen LogP contribution in [0.3, 0.4) is 0 Å².